The van der Waals surface area contributed by atoms with Crippen LogP contribution in [0.5, 0.6) is 0 Å². The van der Waals surface area contributed by atoms with Crippen molar-refractivity contribution in [3.05, 3.63) is 0 Å². The number of rotatable bonds is 21. The summed E-state index contributed by atoms with van der Waals surface area (Å²) in [5.41, 5.74) is 16.8. The highest BCUT2D eigenvalue weighted by atomic mass is 32.2. The summed E-state index contributed by atoms with van der Waals surface area (Å²) in [6.07, 6.45) is 4.33. The van der Waals surface area contributed by atoms with E-state index in [4.69, 9.17) is 22.3 Å². The third-order valence-corrected chi connectivity index (χ3v) is 6.03. The zero-order valence-electron chi connectivity index (χ0n) is 20.9. The minimum Gasteiger partial charge on any atom is -0.481 e. The van der Waals surface area contributed by atoms with Gasteiger partial charge < -0.3 is 43.4 Å². The van der Waals surface area contributed by atoms with Crippen LogP contribution < -0.4 is 33.2 Å². The number of unbranched alkanes of at least 4 members (excludes halogenated alkanes) is 2. The van der Waals surface area contributed by atoms with E-state index in [1.807, 2.05) is 6.26 Å². The summed E-state index contributed by atoms with van der Waals surface area (Å²) in [5, 5.41) is 26.0. The molecule has 0 radical (unpaired) electrons. The molecule has 0 heterocycles. The summed E-state index contributed by atoms with van der Waals surface area (Å²) in [7, 11) is 0. The largest absolute Gasteiger partial charge is 0.481 e. The predicted molar refractivity (Wildman–Crippen MR) is 137 cm³/mol. The molecule has 0 saturated heterocycles. The monoisotopic (exact) mass is 534 g/mol. The molecule has 0 aromatic carbocycles. The van der Waals surface area contributed by atoms with Gasteiger partial charge in [0, 0.05) is 6.42 Å². The molecule has 0 bridgehead atoms. The Balaban J connectivity index is 5.42. The second-order valence-electron chi connectivity index (χ2n) is 8.41. The van der Waals surface area contributed by atoms with E-state index in [9.17, 15) is 29.1 Å². The first kappa shape index (κ1) is 33.6. The summed E-state index contributed by atoms with van der Waals surface area (Å²) in [4.78, 5) is 61.0. The Bertz CT molecular complexity index is 712. The maximum atomic E-state index is 13.0. The van der Waals surface area contributed by atoms with E-state index in [1.54, 1.807) is 0 Å². The Morgan fingerprint density at radius 3 is 1.72 bits per heavy atom. The SMILES string of the molecule is CSCCC(NC(=O)C(CCC(=O)O)NC(=O)C(N)CCCCN)C(=O)NC(CCCCN)C(=O)O. The van der Waals surface area contributed by atoms with Crippen LogP contribution in [0.1, 0.15) is 57.8 Å². The third kappa shape index (κ3) is 14.9. The van der Waals surface area contributed by atoms with Crippen LogP contribution in [0.2, 0.25) is 0 Å². The number of amides is 3. The Morgan fingerprint density at radius 2 is 1.22 bits per heavy atom. The number of hydrogen-bond acceptors (Lipinski definition) is 9. The standard InChI is InChI=1S/C22H42N6O7S/c1-36-13-10-16(21(33)28-17(22(34)35)7-3-5-12-24)27-20(32)15(8-9-18(29)30)26-19(31)14(25)6-2-4-11-23/h14-17H,2-13,23-25H2,1H3,(H,26,31)(H,27,32)(H,28,33)(H,29,30)(H,34,35). The van der Waals surface area contributed by atoms with Crippen LogP contribution in [0.25, 0.3) is 0 Å². The fourth-order valence-electron chi connectivity index (χ4n) is 3.25. The number of thioether (sulfide) groups is 1. The maximum Gasteiger partial charge on any atom is 0.326 e. The third-order valence-electron chi connectivity index (χ3n) is 5.39. The van der Waals surface area contributed by atoms with Crippen molar-refractivity contribution >= 4 is 41.4 Å². The summed E-state index contributed by atoms with van der Waals surface area (Å²) in [6.45, 7) is 0.847. The number of carboxylic acid groups (broad SMARTS) is 2. The topological polar surface area (TPSA) is 240 Å². The fraction of sp³-hybridized carbons (Fsp3) is 0.773. The van der Waals surface area contributed by atoms with E-state index in [-0.39, 0.29) is 19.3 Å². The summed E-state index contributed by atoms with van der Waals surface area (Å²) in [5.74, 6) is -3.93. The number of nitrogens with two attached hydrogens (primary N) is 3. The summed E-state index contributed by atoms with van der Waals surface area (Å²) in [6, 6.07) is -4.37. The van der Waals surface area contributed by atoms with Crippen molar-refractivity contribution in [3.63, 3.8) is 0 Å². The highest BCUT2D eigenvalue weighted by molar-refractivity contribution is 7.98. The Morgan fingerprint density at radius 1 is 0.722 bits per heavy atom. The first-order valence-corrected chi connectivity index (χ1v) is 13.5. The molecule has 0 saturated carbocycles. The minimum atomic E-state index is -1.24. The van der Waals surface area contributed by atoms with Crippen LogP contribution in [0.3, 0.4) is 0 Å². The van der Waals surface area contributed by atoms with Gasteiger partial charge in [-0.15, -0.1) is 0 Å². The van der Waals surface area contributed by atoms with Gasteiger partial charge in [-0.1, -0.05) is 6.42 Å². The zero-order chi connectivity index (χ0) is 27.5. The van der Waals surface area contributed by atoms with Gasteiger partial charge in [0.25, 0.3) is 0 Å². The molecule has 3 amide bonds. The molecule has 0 aliphatic carbocycles. The lowest BCUT2D eigenvalue weighted by Gasteiger charge is -2.25. The van der Waals surface area contributed by atoms with Crippen LogP contribution >= 0.6 is 11.8 Å². The number of nitrogens with one attached hydrogen (secondary N) is 3. The first-order chi connectivity index (χ1) is 17.1. The van der Waals surface area contributed by atoms with E-state index in [1.165, 1.54) is 11.8 Å². The molecule has 4 atom stereocenters. The number of carbonyl (C=O) groups is 5. The van der Waals surface area contributed by atoms with Crippen LogP contribution in [0.4, 0.5) is 0 Å². The molecule has 0 aliphatic heterocycles. The van der Waals surface area contributed by atoms with E-state index in [0.717, 1.165) is 0 Å². The van der Waals surface area contributed by atoms with E-state index in [0.29, 0.717) is 50.9 Å². The minimum absolute atomic E-state index is 0.181. The molecule has 4 unspecified atom stereocenters. The summed E-state index contributed by atoms with van der Waals surface area (Å²) < 4.78 is 0. The van der Waals surface area contributed by atoms with E-state index >= 15 is 0 Å². The number of hydrogen-bond donors (Lipinski definition) is 8. The highest BCUT2D eigenvalue weighted by Crippen LogP contribution is 2.07. The van der Waals surface area contributed by atoms with Gasteiger partial charge in [-0.3, -0.25) is 19.2 Å². The van der Waals surface area contributed by atoms with Crippen molar-refractivity contribution in [2.45, 2.75) is 82.0 Å². The Labute approximate surface area is 216 Å². The van der Waals surface area contributed by atoms with Gasteiger partial charge in [0.2, 0.25) is 17.7 Å². The van der Waals surface area contributed by atoms with Crippen molar-refractivity contribution in [1.29, 1.82) is 0 Å². The summed E-state index contributed by atoms with van der Waals surface area (Å²) >= 11 is 1.43. The molecule has 0 aromatic heterocycles. The van der Waals surface area contributed by atoms with Crippen LogP contribution in [0, 0.1) is 0 Å². The lowest BCUT2D eigenvalue weighted by Crippen LogP contribution is -2.57. The number of carbonyl (C=O) groups excluding carboxylic acids is 3. The van der Waals surface area contributed by atoms with Crippen molar-refractivity contribution in [3.8, 4) is 0 Å². The van der Waals surface area contributed by atoms with Crippen LogP contribution in [-0.2, 0) is 24.0 Å². The average Bonchev–Trinajstić information content (AvgIpc) is 2.83. The molecule has 208 valence electrons. The highest BCUT2D eigenvalue weighted by Gasteiger charge is 2.30. The molecule has 0 aromatic rings. The predicted octanol–water partition coefficient (Wildman–Crippen LogP) is -1.27. The van der Waals surface area contributed by atoms with Gasteiger partial charge in [-0.2, -0.15) is 11.8 Å². The smallest absolute Gasteiger partial charge is 0.326 e. The molecule has 14 heteroatoms. The molecule has 13 nitrogen and oxygen atoms in total. The van der Waals surface area contributed by atoms with Gasteiger partial charge >= 0.3 is 11.9 Å². The first-order valence-electron chi connectivity index (χ1n) is 12.1. The van der Waals surface area contributed by atoms with Crippen molar-refractivity contribution in [2.24, 2.45) is 17.2 Å². The fourth-order valence-corrected chi connectivity index (χ4v) is 3.73. The van der Waals surface area contributed by atoms with Crippen molar-refractivity contribution in [2.75, 3.05) is 25.1 Å². The molecule has 0 fully saturated rings. The Kier molecular flexibility index (Phi) is 18.4. The molecule has 36 heavy (non-hydrogen) atoms. The van der Waals surface area contributed by atoms with Gasteiger partial charge in [0.1, 0.15) is 18.1 Å². The zero-order valence-corrected chi connectivity index (χ0v) is 21.7. The molecular formula is C22H42N6O7S. The molecule has 11 N–H and O–H groups in total. The van der Waals surface area contributed by atoms with E-state index < -0.39 is 60.2 Å². The molecular weight excluding hydrogens is 492 g/mol. The van der Waals surface area contributed by atoms with Gasteiger partial charge in [0.15, 0.2) is 0 Å². The maximum absolute atomic E-state index is 13.0. The molecule has 0 aliphatic rings. The number of carboxylic acids is 2. The van der Waals surface area contributed by atoms with Crippen molar-refractivity contribution < 1.29 is 34.2 Å². The van der Waals surface area contributed by atoms with Gasteiger partial charge in [0.05, 0.1) is 6.04 Å². The van der Waals surface area contributed by atoms with Gasteiger partial charge in [-0.25, -0.2) is 4.79 Å². The van der Waals surface area contributed by atoms with Crippen LogP contribution in [0.15, 0.2) is 0 Å². The molecule has 0 spiro atoms. The van der Waals surface area contributed by atoms with Crippen molar-refractivity contribution in [1.82, 2.24) is 16.0 Å². The quantitative estimate of drug-likeness (QED) is 0.0807. The van der Waals surface area contributed by atoms with Gasteiger partial charge in [-0.05, 0) is 70.0 Å². The normalized spacial score (nSPS) is 14.2. The number of aliphatic carboxylic acids is 2. The lowest BCUT2D eigenvalue weighted by molar-refractivity contribution is -0.142. The average molecular weight is 535 g/mol. The second-order valence-corrected chi connectivity index (χ2v) is 9.40. The second kappa shape index (κ2) is 19.7. The molecule has 0 rings (SSSR count). The van der Waals surface area contributed by atoms with E-state index in [2.05, 4.69) is 16.0 Å². The Hall–Kier alpha value is -2.42. The lowest BCUT2D eigenvalue weighted by atomic mass is 10.1. The van der Waals surface area contributed by atoms with Crippen LogP contribution in [-0.4, -0.2) is 89.1 Å².